The summed E-state index contributed by atoms with van der Waals surface area (Å²) in [5.74, 6) is 4.17. The molecule has 2 aromatic rings. The fraction of sp³-hybridized carbons (Fsp3) is 0.467. The first-order chi connectivity index (χ1) is 9.22. The molecule has 2 N–H and O–H groups in total. The maximum atomic E-state index is 6.29. The highest BCUT2D eigenvalue weighted by Gasteiger charge is 2.20. The molecule has 3 rings (SSSR count). The Balaban J connectivity index is 1.75. The molecule has 2 nitrogen and oxygen atoms in total. The van der Waals surface area contributed by atoms with Crippen LogP contribution < -0.4 is 5.73 Å². The average Bonchev–Trinajstić information content (AvgIpc) is 2.83. The lowest BCUT2D eigenvalue weighted by atomic mass is 9.93. The molecule has 19 heavy (non-hydrogen) atoms. The Bertz CT molecular complexity index is 562. The Morgan fingerprint density at radius 1 is 1.32 bits per heavy atom. The quantitative estimate of drug-likeness (QED) is 0.898. The minimum atomic E-state index is -0.000671. The molecule has 0 amide bonds. The Kier molecular flexibility index (Phi) is 4.06. The largest absolute Gasteiger partial charge is 0.459 e. The molecular weight excluding hydrogens is 278 g/mol. The molecule has 1 aromatic carbocycles. The normalized spacial score (nSPS) is 18.8. The van der Waals surface area contributed by atoms with E-state index in [1.165, 1.54) is 24.3 Å². The van der Waals surface area contributed by atoms with Gasteiger partial charge in [0.2, 0.25) is 0 Å². The van der Waals surface area contributed by atoms with E-state index in [1.807, 2.05) is 36.0 Å². The summed E-state index contributed by atoms with van der Waals surface area (Å²) in [5, 5.41) is 1.77. The molecule has 4 heteroatoms. The second kappa shape index (κ2) is 5.78. The minimum Gasteiger partial charge on any atom is -0.459 e. The van der Waals surface area contributed by atoms with Crippen molar-refractivity contribution in [2.24, 2.45) is 11.7 Å². The Morgan fingerprint density at radius 2 is 2.11 bits per heavy atom. The van der Waals surface area contributed by atoms with Gasteiger partial charge in [0, 0.05) is 10.4 Å². The van der Waals surface area contributed by atoms with E-state index in [4.69, 9.17) is 21.8 Å². The van der Waals surface area contributed by atoms with Gasteiger partial charge in [0.05, 0.1) is 6.04 Å². The van der Waals surface area contributed by atoms with Gasteiger partial charge < -0.3 is 10.2 Å². The molecule has 1 saturated heterocycles. The van der Waals surface area contributed by atoms with Crippen molar-refractivity contribution in [2.75, 3.05) is 11.5 Å². The molecule has 1 aromatic heterocycles. The van der Waals surface area contributed by atoms with E-state index in [1.54, 1.807) is 0 Å². The fourth-order valence-corrected chi connectivity index (χ4v) is 4.06. The summed E-state index contributed by atoms with van der Waals surface area (Å²) in [4.78, 5) is 0. The SMILES string of the molecule is NC(CC1CCSCC1)c1cc2cc(Cl)ccc2o1. The Hall–Kier alpha value is -0.640. The van der Waals surface area contributed by atoms with Gasteiger partial charge in [-0.25, -0.2) is 0 Å². The van der Waals surface area contributed by atoms with Crippen molar-refractivity contribution in [1.29, 1.82) is 0 Å². The van der Waals surface area contributed by atoms with E-state index in [9.17, 15) is 0 Å². The first-order valence-electron chi connectivity index (χ1n) is 6.74. The monoisotopic (exact) mass is 295 g/mol. The van der Waals surface area contributed by atoms with Gasteiger partial charge in [0.1, 0.15) is 11.3 Å². The third kappa shape index (κ3) is 3.10. The summed E-state index contributed by atoms with van der Waals surface area (Å²) in [7, 11) is 0. The molecule has 0 radical (unpaired) electrons. The molecule has 0 bridgehead atoms. The zero-order chi connectivity index (χ0) is 13.2. The molecule has 102 valence electrons. The molecule has 1 fully saturated rings. The van der Waals surface area contributed by atoms with Crippen LogP contribution in [0.4, 0.5) is 0 Å². The molecule has 0 spiro atoms. The summed E-state index contributed by atoms with van der Waals surface area (Å²) >= 11 is 8.04. The van der Waals surface area contributed by atoms with Crippen molar-refractivity contribution >= 4 is 34.3 Å². The molecule has 1 aliphatic rings. The summed E-state index contributed by atoms with van der Waals surface area (Å²) in [5.41, 5.74) is 7.16. The van der Waals surface area contributed by atoms with Crippen LogP contribution in [0, 0.1) is 5.92 Å². The lowest BCUT2D eigenvalue weighted by Crippen LogP contribution is -2.18. The van der Waals surface area contributed by atoms with E-state index < -0.39 is 0 Å². The third-order valence-electron chi connectivity index (χ3n) is 3.79. The van der Waals surface area contributed by atoms with Gasteiger partial charge in [-0.3, -0.25) is 0 Å². The van der Waals surface area contributed by atoms with E-state index in [2.05, 4.69) is 0 Å². The standard InChI is InChI=1S/C15H18ClNOS/c16-12-1-2-14-11(8-12)9-15(18-14)13(17)7-10-3-5-19-6-4-10/h1-2,8-10,13H,3-7,17H2. The molecule has 1 unspecified atom stereocenters. The van der Waals surface area contributed by atoms with Crippen LogP contribution in [0.15, 0.2) is 28.7 Å². The second-order valence-corrected chi connectivity index (χ2v) is 6.89. The van der Waals surface area contributed by atoms with Crippen LogP contribution in [0.5, 0.6) is 0 Å². The lowest BCUT2D eigenvalue weighted by molar-refractivity contribution is 0.378. The van der Waals surface area contributed by atoms with Crippen molar-refractivity contribution in [1.82, 2.24) is 0 Å². The number of thioether (sulfide) groups is 1. The Morgan fingerprint density at radius 3 is 2.89 bits per heavy atom. The van der Waals surface area contributed by atoms with Gasteiger partial charge in [-0.15, -0.1) is 0 Å². The maximum absolute atomic E-state index is 6.29. The van der Waals surface area contributed by atoms with E-state index >= 15 is 0 Å². The molecule has 2 heterocycles. The van der Waals surface area contributed by atoms with Gasteiger partial charge in [0.15, 0.2) is 0 Å². The third-order valence-corrected chi connectivity index (χ3v) is 5.07. The topological polar surface area (TPSA) is 39.2 Å². The van der Waals surface area contributed by atoms with Crippen LogP contribution in [-0.4, -0.2) is 11.5 Å². The van der Waals surface area contributed by atoms with Crippen LogP contribution in [0.1, 0.15) is 31.1 Å². The van der Waals surface area contributed by atoms with Crippen molar-refractivity contribution in [3.8, 4) is 0 Å². The number of fused-ring (bicyclic) bond motifs is 1. The summed E-state index contributed by atoms with van der Waals surface area (Å²) in [6.07, 6.45) is 3.59. The smallest absolute Gasteiger partial charge is 0.134 e. The van der Waals surface area contributed by atoms with E-state index in [0.717, 1.165) is 34.1 Å². The van der Waals surface area contributed by atoms with Crippen molar-refractivity contribution in [3.05, 3.63) is 35.0 Å². The number of hydrogen-bond acceptors (Lipinski definition) is 3. The van der Waals surface area contributed by atoms with Crippen LogP contribution in [0.25, 0.3) is 11.0 Å². The predicted molar refractivity (Wildman–Crippen MR) is 82.8 cm³/mol. The lowest BCUT2D eigenvalue weighted by Gasteiger charge is -2.23. The van der Waals surface area contributed by atoms with Crippen LogP contribution in [0.2, 0.25) is 5.02 Å². The molecule has 1 aliphatic heterocycles. The highest BCUT2D eigenvalue weighted by atomic mass is 35.5. The van der Waals surface area contributed by atoms with Gasteiger partial charge in [-0.1, -0.05) is 11.6 Å². The summed E-state index contributed by atoms with van der Waals surface area (Å²) in [6.45, 7) is 0. The zero-order valence-electron chi connectivity index (χ0n) is 10.8. The number of nitrogens with two attached hydrogens (primary N) is 1. The number of halogens is 1. The summed E-state index contributed by atoms with van der Waals surface area (Å²) < 4.78 is 5.84. The predicted octanol–water partition coefficient (Wildman–Crippen LogP) is 4.62. The number of furan rings is 1. The van der Waals surface area contributed by atoms with Crippen LogP contribution in [-0.2, 0) is 0 Å². The average molecular weight is 296 g/mol. The fourth-order valence-electron chi connectivity index (χ4n) is 2.67. The molecule has 1 atom stereocenters. The number of rotatable bonds is 3. The first-order valence-corrected chi connectivity index (χ1v) is 8.28. The number of hydrogen-bond donors (Lipinski definition) is 1. The minimum absolute atomic E-state index is 0.000671. The van der Waals surface area contributed by atoms with Crippen molar-refractivity contribution in [3.63, 3.8) is 0 Å². The van der Waals surface area contributed by atoms with E-state index in [-0.39, 0.29) is 6.04 Å². The first kappa shape index (κ1) is 13.3. The van der Waals surface area contributed by atoms with Gasteiger partial charge >= 0.3 is 0 Å². The van der Waals surface area contributed by atoms with Crippen molar-refractivity contribution in [2.45, 2.75) is 25.3 Å². The second-order valence-electron chi connectivity index (χ2n) is 5.23. The molecule has 0 saturated carbocycles. The highest BCUT2D eigenvalue weighted by Crippen LogP contribution is 2.32. The maximum Gasteiger partial charge on any atom is 0.134 e. The van der Waals surface area contributed by atoms with Gasteiger partial charge in [0.25, 0.3) is 0 Å². The van der Waals surface area contributed by atoms with Crippen LogP contribution in [0.3, 0.4) is 0 Å². The number of benzene rings is 1. The molecule has 0 aliphatic carbocycles. The highest BCUT2D eigenvalue weighted by molar-refractivity contribution is 7.99. The Labute approximate surface area is 122 Å². The van der Waals surface area contributed by atoms with Gasteiger partial charge in [-0.2, -0.15) is 11.8 Å². The van der Waals surface area contributed by atoms with E-state index in [0.29, 0.717) is 0 Å². The summed E-state index contributed by atoms with van der Waals surface area (Å²) in [6, 6.07) is 7.71. The molecular formula is C15H18ClNOS. The van der Waals surface area contributed by atoms with Crippen LogP contribution >= 0.6 is 23.4 Å². The zero-order valence-corrected chi connectivity index (χ0v) is 12.3. The van der Waals surface area contributed by atoms with Gasteiger partial charge in [-0.05, 0) is 61.0 Å². The van der Waals surface area contributed by atoms with Crippen molar-refractivity contribution < 1.29 is 4.42 Å².